The van der Waals surface area contributed by atoms with Crippen molar-refractivity contribution in [1.29, 1.82) is 0 Å². The number of nitrogens with zero attached hydrogens (tertiary/aromatic N) is 1. The molecule has 1 unspecified atom stereocenters. The number of esters is 1. The lowest BCUT2D eigenvalue weighted by Gasteiger charge is -2.09. The van der Waals surface area contributed by atoms with Gasteiger partial charge in [0.1, 0.15) is 0 Å². The maximum absolute atomic E-state index is 11.4. The van der Waals surface area contributed by atoms with E-state index in [1.807, 2.05) is 6.92 Å². The summed E-state index contributed by atoms with van der Waals surface area (Å²) in [5.41, 5.74) is 1.14. The first-order chi connectivity index (χ1) is 7.71. The standard InChI is InChI=1S/C12H19NO2S/c1-4-6-10-8-16-11(13-10)7-9(5-2)12(14)15-3/h8-9H,4-7H2,1-3H3. The van der Waals surface area contributed by atoms with Crippen LogP contribution in [-0.4, -0.2) is 18.1 Å². The molecular formula is C12H19NO2S. The first-order valence-electron chi connectivity index (χ1n) is 5.72. The summed E-state index contributed by atoms with van der Waals surface area (Å²) in [5, 5.41) is 3.13. The first kappa shape index (κ1) is 13.2. The van der Waals surface area contributed by atoms with Gasteiger partial charge >= 0.3 is 5.97 Å². The minimum absolute atomic E-state index is 0.0503. The molecule has 0 radical (unpaired) electrons. The van der Waals surface area contributed by atoms with E-state index in [1.54, 1.807) is 11.3 Å². The zero-order chi connectivity index (χ0) is 12.0. The van der Waals surface area contributed by atoms with Gasteiger partial charge in [-0.1, -0.05) is 20.3 Å². The van der Waals surface area contributed by atoms with E-state index in [1.165, 1.54) is 7.11 Å². The van der Waals surface area contributed by atoms with Crippen LogP contribution >= 0.6 is 11.3 Å². The summed E-state index contributed by atoms with van der Waals surface area (Å²) in [7, 11) is 1.44. The van der Waals surface area contributed by atoms with Crippen molar-refractivity contribution < 1.29 is 9.53 Å². The van der Waals surface area contributed by atoms with Crippen LogP contribution in [0.1, 0.15) is 37.4 Å². The molecule has 90 valence electrons. The van der Waals surface area contributed by atoms with Crippen LogP contribution in [0.25, 0.3) is 0 Å². The van der Waals surface area contributed by atoms with Gasteiger partial charge in [0.2, 0.25) is 0 Å². The summed E-state index contributed by atoms with van der Waals surface area (Å²) in [6, 6.07) is 0. The summed E-state index contributed by atoms with van der Waals surface area (Å²) >= 11 is 1.64. The lowest BCUT2D eigenvalue weighted by molar-refractivity contribution is -0.145. The van der Waals surface area contributed by atoms with E-state index >= 15 is 0 Å². The molecule has 0 aliphatic rings. The predicted octanol–water partition coefficient (Wildman–Crippen LogP) is 2.84. The number of aryl methyl sites for hydroxylation is 1. The molecule has 1 aromatic rings. The number of thiazole rings is 1. The lowest BCUT2D eigenvalue weighted by Crippen LogP contribution is -2.17. The molecular weight excluding hydrogens is 222 g/mol. The van der Waals surface area contributed by atoms with Crippen LogP contribution in [0.2, 0.25) is 0 Å². The van der Waals surface area contributed by atoms with E-state index in [0.29, 0.717) is 6.42 Å². The Kier molecular flexibility index (Phi) is 5.46. The molecule has 0 amide bonds. The third-order valence-electron chi connectivity index (χ3n) is 2.55. The Labute approximate surface area is 101 Å². The minimum atomic E-state index is -0.130. The number of hydrogen-bond acceptors (Lipinski definition) is 4. The van der Waals surface area contributed by atoms with Gasteiger partial charge < -0.3 is 4.74 Å². The van der Waals surface area contributed by atoms with Gasteiger partial charge in [-0.05, 0) is 12.8 Å². The van der Waals surface area contributed by atoms with Crippen LogP contribution in [-0.2, 0) is 22.4 Å². The molecule has 0 fully saturated rings. The molecule has 16 heavy (non-hydrogen) atoms. The summed E-state index contributed by atoms with van der Waals surface area (Å²) < 4.78 is 4.77. The third-order valence-corrected chi connectivity index (χ3v) is 3.47. The smallest absolute Gasteiger partial charge is 0.309 e. The quantitative estimate of drug-likeness (QED) is 0.719. The average Bonchev–Trinajstić information content (AvgIpc) is 2.73. The van der Waals surface area contributed by atoms with E-state index in [2.05, 4.69) is 17.3 Å². The topological polar surface area (TPSA) is 39.2 Å². The lowest BCUT2D eigenvalue weighted by atomic mass is 10.0. The molecule has 3 nitrogen and oxygen atoms in total. The van der Waals surface area contributed by atoms with Crippen molar-refractivity contribution in [3.8, 4) is 0 Å². The highest BCUT2D eigenvalue weighted by Gasteiger charge is 2.18. The maximum atomic E-state index is 11.4. The minimum Gasteiger partial charge on any atom is -0.469 e. The number of carbonyl (C=O) groups is 1. The molecule has 0 saturated carbocycles. The molecule has 1 aromatic heterocycles. The molecule has 0 bridgehead atoms. The van der Waals surface area contributed by atoms with Gasteiger partial charge in [0, 0.05) is 11.8 Å². The largest absolute Gasteiger partial charge is 0.469 e. The first-order valence-corrected chi connectivity index (χ1v) is 6.60. The summed E-state index contributed by atoms with van der Waals surface area (Å²) in [5.74, 6) is -0.180. The third kappa shape index (κ3) is 3.59. The molecule has 1 rings (SSSR count). The zero-order valence-electron chi connectivity index (χ0n) is 10.2. The second-order valence-electron chi connectivity index (χ2n) is 3.82. The molecule has 4 heteroatoms. The van der Waals surface area contributed by atoms with E-state index in [-0.39, 0.29) is 11.9 Å². The Bertz CT molecular complexity index is 336. The number of carbonyl (C=O) groups excluding carboxylic acids is 1. The SMILES string of the molecule is CCCc1csc(CC(CC)C(=O)OC)n1. The Morgan fingerprint density at radius 1 is 1.56 bits per heavy atom. The van der Waals surface area contributed by atoms with Crippen molar-refractivity contribution in [3.63, 3.8) is 0 Å². The van der Waals surface area contributed by atoms with Crippen molar-refractivity contribution in [2.24, 2.45) is 5.92 Å². The second-order valence-corrected chi connectivity index (χ2v) is 4.76. The molecule has 1 atom stereocenters. The number of rotatable bonds is 6. The van der Waals surface area contributed by atoms with Crippen LogP contribution < -0.4 is 0 Å². The van der Waals surface area contributed by atoms with Crippen molar-refractivity contribution in [3.05, 3.63) is 16.1 Å². The van der Waals surface area contributed by atoms with Gasteiger partial charge in [0.05, 0.1) is 23.7 Å². The van der Waals surface area contributed by atoms with Gasteiger partial charge in [-0.2, -0.15) is 0 Å². The Morgan fingerprint density at radius 2 is 2.31 bits per heavy atom. The molecule has 0 aliphatic heterocycles. The second kappa shape index (κ2) is 6.63. The average molecular weight is 241 g/mol. The van der Waals surface area contributed by atoms with Crippen LogP contribution in [0.4, 0.5) is 0 Å². The van der Waals surface area contributed by atoms with E-state index in [4.69, 9.17) is 4.74 Å². The van der Waals surface area contributed by atoms with Crippen molar-refractivity contribution in [1.82, 2.24) is 4.98 Å². The predicted molar refractivity (Wildman–Crippen MR) is 65.6 cm³/mol. The maximum Gasteiger partial charge on any atom is 0.309 e. The molecule has 0 aromatic carbocycles. The monoisotopic (exact) mass is 241 g/mol. The Morgan fingerprint density at radius 3 is 2.88 bits per heavy atom. The van der Waals surface area contributed by atoms with Crippen LogP contribution in [0.15, 0.2) is 5.38 Å². The summed E-state index contributed by atoms with van der Waals surface area (Å²) in [4.78, 5) is 15.9. The molecule has 0 spiro atoms. The van der Waals surface area contributed by atoms with Gasteiger partial charge in [-0.25, -0.2) is 4.98 Å². The van der Waals surface area contributed by atoms with Crippen molar-refractivity contribution in [2.45, 2.75) is 39.5 Å². The fourth-order valence-corrected chi connectivity index (χ4v) is 2.50. The Balaban J connectivity index is 2.59. The fraction of sp³-hybridized carbons (Fsp3) is 0.667. The van der Waals surface area contributed by atoms with Gasteiger partial charge in [-0.15, -0.1) is 11.3 Å². The summed E-state index contributed by atoms with van der Waals surface area (Å²) in [6.07, 6.45) is 3.63. The highest BCUT2D eigenvalue weighted by atomic mass is 32.1. The number of hydrogen-bond donors (Lipinski definition) is 0. The molecule has 1 heterocycles. The van der Waals surface area contributed by atoms with Crippen LogP contribution in [0, 0.1) is 5.92 Å². The highest BCUT2D eigenvalue weighted by Crippen LogP contribution is 2.18. The zero-order valence-corrected chi connectivity index (χ0v) is 11.0. The highest BCUT2D eigenvalue weighted by molar-refractivity contribution is 7.09. The van der Waals surface area contributed by atoms with Gasteiger partial charge in [0.15, 0.2) is 0 Å². The number of methoxy groups -OCH3 is 1. The van der Waals surface area contributed by atoms with E-state index in [9.17, 15) is 4.79 Å². The van der Waals surface area contributed by atoms with Crippen molar-refractivity contribution in [2.75, 3.05) is 7.11 Å². The number of ether oxygens (including phenoxy) is 1. The normalized spacial score (nSPS) is 12.4. The van der Waals surface area contributed by atoms with Gasteiger partial charge in [0.25, 0.3) is 0 Å². The fourth-order valence-electron chi connectivity index (χ4n) is 1.59. The molecule has 0 saturated heterocycles. The number of aromatic nitrogens is 1. The summed E-state index contributed by atoms with van der Waals surface area (Å²) in [6.45, 7) is 4.14. The van der Waals surface area contributed by atoms with Crippen LogP contribution in [0.5, 0.6) is 0 Å². The molecule has 0 N–H and O–H groups in total. The van der Waals surface area contributed by atoms with Gasteiger partial charge in [-0.3, -0.25) is 4.79 Å². The van der Waals surface area contributed by atoms with E-state index < -0.39 is 0 Å². The molecule has 0 aliphatic carbocycles. The van der Waals surface area contributed by atoms with E-state index in [0.717, 1.165) is 30.0 Å². The Hall–Kier alpha value is -0.900. The van der Waals surface area contributed by atoms with Crippen LogP contribution in [0.3, 0.4) is 0 Å². The van der Waals surface area contributed by atoms with Crippen molar-refractivity contribution >= 4 is 17.3 Å².